The van der Waals surface area contributed by atoms with Crippen LogP contribution in [0.3, 0.4) is 0 Å². The van der Waals surface area contributed by atoms with Crippen molar-refractivity contribution < 1.29 is 14.3 Å². The minimum Gasteiger partial charge on any atom is -0.468 e. The van der Waals surface area contributed by atoms with E-state index in [1.807, 2.05) is 6.92 Å². The highest BCUT2D eigenvalue weighted by Crippen LogP contribution is 2.25. The van der Waals surface area contributed by atoms with E-state index >= 15 is 0 Å². The number of hydrogen-bond donors (Lipinski definition) is 0. The SMILES string of the molecule is COC(=O)CSc1nc2ncc3c(n2n1)CC(C)CC3=O. The molecule has 2 aromatic heterocycles. The van der Waals surface area contributed by atoms with Crippen LogP contribution >= 0.6 is 11.8 Å². The van der Waals surface area contributed by atoms with Crippen LogP contribution in [0.2, 0.25) is 0 Å². The highest BCUT2D eigenvalue weighted by atomic mass is 32.2. The number of carbonyl (C=O) groups is 2. The number of rotatable bonds is 3. The Morgan fingerprint density at radius 2 is 2.33 bits per heavy atom. The maximum Gasteiger partial charge on any atom is 0.316 e. The van der Waals surface area contributed by atoms with E-state index in [4.69, 9.17) is 0 Å². The summed E-state index contributed by atoms with van der Waals surface area (Å²) in [5.74, 6) is 0.634. The third-order valence-corrected chi connectivity index (χ3v) is 4.18. The van der Waals surface area contributed by atoms with Crippen LogP contribution in [0.1, 0.15) is 29.4 Å². The Bertz CT molecular complexity index is 728. The summed E-state index contributed by atoms with van der Waals surface area (Å²) in [5, 5.41) is 4.80. The lowest BCUT2D eigenvalue weighted by Gasteiger charge is -2.19. The van der Waals surface area contributed by atoms with Crippen LogP contribution in [0.15, 0.2) is 11.4 Å². The normalized spacial score (nSPS) is 17.8. The minimum atomic E-state index is -0.336. The van der Waals surface area contributed by atoms with Crippen molar-refractivity contribution >= 4 is 29.3 Å². The molecule has 7 nitrogen and oxygen atoms in total. The highest BCUT2D eigenvalue weighted by Gasteiger charge is 2.26. The predicted octanol–water partition coefficient (Wildman–Crippen LogP) is 1.15. The summed E-state index contributed by atoms with van der Waals surface area (Å²) in [4.78, 5) is 31.6. The summed E-state index contributed by atoms with van der Waals surface area (Å²) in [6, 6.07) is 0. The number of esters is 1. The quantitative estimate of drug-likeness (QED) is 0.621. The van der Waals surface area contributed by atoms with Crippen LogP contribution in [-0.4, -0.2) is 44.2 Å². The molecule has 110 valence electrons. The van der Waals surface area contributed by atoms with Gasteiger partial charge in [-0.1, -0.05) is 18.7 Å². The number of hydrogen-bond acceptors (Lipinski definition) is 7. The van der Waals surface area contributed by atoms with E-state index in [-0.39, 0.29) is 23.4 Å². The third kappa shape index (κ3) is 2.63. The number of aromatic nitrogens is 4. The van der Waals surface area contributed by atoms with Crippen LogP contribution < -0.4 is 0 Å². The van der Waals surface area contributed by atoms with E-state index in [1.54, 1.807) is 10.7 Å². The van der Waals surface area contributed by atoms with Gasteiger partial charge in [-0.05, 0) is 12.3 Å². The number of methoxy groups -OCH3 is 1. The molecule has 8 heteroatoms. The van der Waals surface area contributed by atoms with E-state index in [9.17, 15) is 9.59 Å². The molecule has 3 rings (SSSR count). The molecular formula is C13H14N4O3S. The number of Topliss-reactive ketones (excluding diaryl/α,β-unsaturated/α-hetero) is 1. The Kier molecular flexibility index (Phi) is 3.62. The van der Waals surface area contributed by atoms with Gasteiger partial charge in [-0.2, -0.15) is 9.50 Å². The molecule has 0 spiro atoms. The number of ketones is 1. The number of fused-ring (bicyclic) bond motifs is 3. The average molecular weight is 306 g/mol. The minimum absolute atomic E-state index is 0.0948. The molecule has 0 bridgehead atoms. The van der Waals surface area contributed by atoms with Gasteiger partial charge in [0, 0.05) is 12.6 Å². The van der Waals surface area contributed by atoms with Gasteiger partial charge in [-0.15, -0.1) is 5.10 Å². The zero-order chi connectivity index (χ0) is 15.0. The Morgan fingerprint density at radius 3 is 3.10 bits per heavy atom. The fraction of sp³-hybridized carbons (Fsp3) is 0.462. The van der Waals surface area contributed by atoms with Crippen molar-refractivity contribution in [3.05, 3.63) is 17.5 Å². The second-order valence-electron chi connectivity index (χ2n) is 5.03. The Morgan fingerprint density at radius 1 is 1.52 bits per heavy atom. The van der Waals surface area contributed by atoms with Gasteiger partial charge in [0.2, 0.25) is 5.16 Å². The van der Waals surface area contributed by atoms with Gasteiger partial charge in [0.25, 0.3) is 5.78 Å². The molecule has 1 aliphatic carbocycles. The van der Waals surface area contributed by atoms with Gasteiger partial charge in [0.15, 0.2) is 5.78 Å². The lowest BCUT2D eigenvalue weighted by Crippen LogP contribution is -2.21. The van der Waals surface area contributed by atoms with Crippen molar-refractivity contribution in [2.24, 2.45) is 5.92 Å². The standard InChI is InChI=1S/C13H14N4O3S/c1-7-3-9-8(10(18)4-7)5-14-12-15-13(16-17(9)12)21-6-11(19)20-2/h5,7H,3-4,6H2,1-2H3. The first kappa shape index (κ1) is 14.0. The summed E-state index contributed by atoms with van der Waals surface area (Å²) in [5.41, 5.74) is 1.47. The second kappa shape index (κ2) is 5.44. The number of nitrogens with zero attached hydrogens (tertiary/aromatic N) is 4. The fourth-order valence-electron chi connectivity index (χ4n) is 2.36. The molecule has 0 saturated carbocycles. The summed E-state index contributed by atoms with van der Waals surface area (Å²) in [6.07, 6.45) is 2.88. The summed E-state index contributed by atoms with van der Waals surface area (Å²) >= 11 is 1.19. The largest absolute Gasteiger partial charge is 0.468 e. The summed E-state index contributed by atoms with van der Waals surface area (Å²) in [6.45, 7) is 2.04. The van der Waals surface area contributed by atoms with E-state index in [0.717, 1.165) is 12.1 Å². The molecule has 0 amide bonds. The first-order valence-electron chi connectivity index (χ1n) is 6.56. The maximum absolute atomic E-state index is 12.0. The Labute approximate surface area is 125 Å². The molecule has 0 radical (unpaired) electrons. The monoisotopic (exact) mass is 306 g/mol. The van der Waals surface area contributed by atoms with Gasteiger partial charge in [-0.3, -0.25) is 9.59 Å². The molecule has 21 heavy (non-hydrogen) atoms. The third-order valence-electron chi connectivity index (χ3n) is 3.37. The molecule has 1 atom stereocenters. The van der Waals surface area contributed by atoms with Gasteiger partial charge in [0.1, 0.15) is 0 Å². The Balaban J connectivity index is 1.96. The van der Waals surface area contributed by atoms with Gasteiger partial charge >= 0.3 is 5.97 Å². The number of thioether (sulfide) groups is 1. The van der Waals surface area contributed by atoms with E-state index in [1.165, 1.54) is 18.9 Å². The van der Waals surface area contributed by atoms with Gasteiger partial charge in [-0.25, -0.2) is 4.98 Å². The van der Waals surface area contributed by atoms with Crippen LogP contribution in [0.25, 0.3) is 5.78 Å². The molecule has 2 aromatic rings. The van der Waals surface area contributed by atoms with Crippen LogP contribution in [-0.2, 0) is 16.0 Å². The molecule has 0 fully saturated rings. The van der Waals surface area contributed by atoms with Crippen molar-refractivity contribution in [1.29, 1.82) is 0 Å². The van der Waals surface area contributed by atoms with Crippen molar-refractivity contribution in [3.63, 3.8) is 0 Å². The van der Waals surface area contributed by atoms with Crippen molar-refractivity contribution in [1.82, 2.24) is 19.6 Å². The van der Waals surface area contributed by atoms with Gasteiger partial charge in [0.05, 0.1) is 24.1 Å². The van der Waals surface area contributed by atoms with E-state index in [0.29, 0.717) is 22.9 Å². The maximum atomic E-state index is 12.0. The molecule has 1 unspecified atom stereocenters. The molecular weight excluding hydrogens is 292 g/mol. The van der Waals surface area contributed by atoms with Gasteiger partial charge < -0.3 is 4.74 Å². The molecule has 0 saturated heterocycles. The smallest absolute Gasteiger partial charge is 0.316 e. The molecule has 0 aliphatic heterocycles. The van der Waals surface area contributed by atoms with Crippen molar-refractivity contribution in [2.75, 3.05) is 12.9 Å². The average Bonchev–Trinajstić information content (AvgIpc) is 2.88. The molecule has 0 N–H and O–H groups in total. The van der Waals surface area contributed by atoms with E-state index < -0.39 is 0 Å². The van der Waals surface area contributed by atoms with Crippen LogP contribution in [0, 0.1) is 5.92 Å². The zero-order valence-electron chi connectivity index (χ0n) is 11.7. The predicted molar refractivity (Wildman–Crippen MR) is 75.3 cm³/mol. The Hall–Kier alpha value is -1.96. The van der Waals surface area contributed by atoms with Crippen LogP contribution in [0.4, 0.5) is 0 Å². The summed E-state index contributed by atoms with van der Waals surface area (Å²) < 4.78 is 6.20. The molecule has 0 aromatic carbocycles. The fourth-order valence-corrected chi connectivity index (χ4v) is 3.01. The topological polar surface area (TPSA) is 86.4 Å². The number of ether oxygens (including phenoxy) is 1. The molecule has 1 aliphatic rings. The first-order valence-corrected chi connectivity index (χ1v) is 7.54. The van der Waals surface area contributed by atoms with Crippen molar-refractivity contribution in [2.45, 2.75) is 24.9 Å². The van der Waals surface area contributed by atoms with Crippen LogP contribution in [0.5, 0.6) is 0 Å². The number of carbonyl (C=O) groups excluding carboxylic acids is 2. The lowest BCUT2D eigenvalue weighted by molar-refractivity contribution is -0.137. The highest BCUT2D eigenvalue weighted by molar-refractivity contribution is 7.99. The first-order chi connectivity index (χ1) is 10.1. The zero-order valence-corrected chi connectivity index (χ0v) is 12.5. The second-order valence-corrected chi connectivity index (χ2v) is 5.97. The lowest BCUT2D eigenvalue weighted by atomic mass is 9.88. The molecule has 2 heterocycles. The van der Waals surface area contributed by atoms with Crippen molar-refractivity contribution in [3.8, 4) is 0 Å². The summed E-state index contributed by atoms with van der Waals surface area (Å²) in [7, 11) is 1.34. The van der Waals surface area contributed by atoms with E-state index in [2.05, 4.69) is 19.8 Å².